The zero-order valence-electron chi connectivity index (χ0n) is 20.6. The Morgan fingerprint density at radius 3 is 2.63 bits per heavy atom. The molecule has 9 heteroatoms. The molecule has 6 nitrogen and oxygen atoms in total. The number of hydrogen-bond acceptors (Lipinski definition) is 4. The Labute approximate surface area is 239 Å². The van der Waals surface area contributed by atoms with Crippen LogP contribution in [-0.2, 0) is 11.3 Å². The molecule has 4 aromatic rings. The minimum Gasteiger partial charge on any atom is -0.494 e. The van der Waals surface area contributed by atoms with Crippen molar-refractivity contribution in [3.63, 3.8) is 0 Å². The van der Waals surface area contributed by atoms with Crippen molar-refractivity contribution in [2.24, 2.45) is 0 Å². The van der Waals surface area contributed by atoms with Gasteiger partial charge in [-0.15, -0.1) is 0 Å². The first-order valence-electron chi connectivity index (χ1n) is 12.2. The molecule has 0 spiro atoms. The van der Waals surface area contributed by atoms with E-state index in [0.29, 0.717) is 40.5 Å². The topological polar surface area (TPSA) is 55.7 Å². The summed E-state index contributed by atoms with van der Waals surface area (Å²) < 4.78 is 14.5. The van der Waals surface area contributed by atoms with E-state index in [4.69, 9.17) is 33.3 Å². The van der Waals surface area contributed by atoms with Gasteiger partial charge in [0.2, 0.25) is 0 Å². The maximum absolute atomic E-state index is 13.3. The predicted octanol–water partition coefficient (Wildman–Crippen LogP) is 7.19. The molecule has 1 fully saturated rings. The predicted molar refractivity (Wildman–Crippen MR) is 160 cm³/mol. The summed E-state index contributed by atoms with van der Waals surface area (Å²) in [6.45, 7) is 3.77. The molecule has 194 valence electrons. The third-order valence-corrected chi connectivity index (χ3v) is 7.19. The molecular formula is C29H25BrClN3O3S. The Bertz CT molecular complexity index is 1530. The van der Waals surface area contributed by atoms with Crippen LogP contribution in [0.5, 0.6) is 11.5 Å². The molecule has 1 saturated heterocycles. The van der Waals surface area contributed by atoms with Crippen molar-refractivity contribution in [2.75, 3.05) is 18.1 Å². The van der Waals surface area contributed by atoms with Gasteiger partial charge in [-0.2, -0.15) is 0 Å². The number of anilines is 1. The summed E-state index contributed by atoms with van der Waals surface area (Å²) in [5.74, 6) is 1.22. The Hall–Kier alpha value is -3.33. The number of thiocarbonyl (C=S) groups is 1. The maximum Gasteiger partial charge on any atom is 0.281 e. The minimum absolute atomic E-state index is 0.205. The van der Waals surface area contributed by atoms with Crippen LogP contribution in [0, 0.1) is 0 Å². The zero-order valence-corrected chi connectivity index (χ0v) is 23.8. The molecule has 1 N–H and O–H groups in total. The van der Waals surface area contributed by atoms with Crippen molar-refractivity contribution >= 4 is 73.4 Å². The van der Waals surface area contributed by atoms with Crippen molar-refractivity contribution in [1.29, 1.82) is 0 Å². The summed E-state index contributed by atoms with van der Waals surface area (Å²) in [5, 5.41) is 5.06. The van der Waals surface area contributed by atoms with Crippen LogP contribution >= 0.6 is 39.7 Å². The van der Waals surface area contributed by atoms with E-state index in [0.717, 1.165) is 39.7 Å². The fourth-order valence-electron chi connectivity index (χ4n) is 4.36. The van der Waals surface area contributed by atoms with Gasteiger partial charge in [0.15, 0.2) is 5.11 Å². The van der Waals surface area contributed by atoms with Crippen LogP contribution in [-0.4, -0.2) is 28.8 Å². The third kappa shape index (κ3) is 5.57. The lowest BCUT2D eigenvalue weighted by Gasteiger charge is -2.14. The van der Waals surface area contributed by atoms with Crippen LogP contribution in [0.15, 0.2) is 83.1 Å². The molecule has 0 unspecified atom stereocenters. The van der Waals surface area contributed by atoms with Crippen LogP contribution in [0.25, 0.3) is 17.0 Å². The molecule has 2 heterocycles. The lowest BCUT2D eigenvalue weighted by Crippen LogP contribution is -2.30. The monoisotopic (exact) mass is 609 g/mol. The van der Waals surface area contributed by atoms with Gasteiger partial charge in [-0.25, -0.2) is 0 Å². The van der Waals surface area contributed by atoms with E-state index in [-0.39, 0.29) is 5.91 Å². The first-order chi connectivity index (χ1) is 18.4. The van der Waals surface area contributed by atoms with Gasteiger partial charge >= 0.3 is 0 Å². The second-order valence-corrected chi connectivity index (χ2v) is 10.3. The number of aryl methyl sites for hydroxylation is 1. The van der Waals surface area contributed by atoms with Crippen LogP contribution in [0.4, 0.5) is 5.69 Å². The molecule has 0 saturated carbocycles. The lowest BCUT2D eigenvalue weighted by atomic mass is 10.1. The second kappa shape index (κ2) is 11.6. The number of carbonyl (C=O) groups is 1. The van der Waals surface area contributed by atoms with E-state index in [1.54, 1.807) is 0 Å². The Morgan fingerprint density at radius 2 is 1.87 bits per heavy atom. The molecule has 0 bridgehead atoms. The van der Waals surface area contributed by atoms with E-state index in [9.17, 15) is 4.79 Å². The fraction of sp³-hybridized carbons (Fsp3) is 0.172. The van der Waals surface area contributed by atoms with Crippen molar-refractivity contribution in [3.8, 4) is 11.5 Å². The van der Waals surface area contributed by atoms with E-state index >= 15 is 0 Å². The van der Waals surface area contributed by atoms with E-state index in [2.05, 4.69) is 44.1 Å². The number of benzene rings is 3. The van der Waals surface area contributed by atoms with E-state index < -0.39 is 0 Å². The first-order valence-corrected chi connectivity index (χ1v) is 13.8. The molecule has 0 radical (unpaired) electrons. The number of hydrogen-bond donors (Lipinski definition) is 1. The summed E-state index contributed by atoms with van der Waals surface area (Å²) in [5.41, 5.74) is 3.09. The molecule has 38 heavy (non-hydrogen) atoms. The lowest BCUT2D eigenvalue weighted by molar-refractivity contribution is -0.113. The first kappa shape index (κ1) is 26.3. The molecule has 1 amide bonds. The van der Waals surface area contributed by atoms with Gasteiger partial charge in [0.1, 0.15) is 17.2 Å². The van der Waals surface area contributed by atoms with Gasteiger partial charge in [0, 0.05) is 33.7 Å². The minimum atomic E-state index is -0.205. The summed E-state index contributed by atoms with van der Waals surface area (Å²) in [4.78, 5) is 14.8. The quantitative estimate of drug-likeness (QED) is 0.124. The number of nitrogens with zero attached hydrogens (tertiary/aromatic N) is 2. The Kier molecular flexibility index (Phi) is 8.02. The van der Waals surface area contributed by atoms with E-state index in [1.807, 2.05) is 67.6 Å². The number of halogens is 2. The van der Waals surface area contributed by atoms with E-state index in [1.165, 1.54) is 4.90 Å². The van der Waals surface area contributed by atoms with Gasteiger partial charge in [-0.05, 0) is 86.2 Å². The van der Waals surface area contributed by atoms with Gasteiger partial charge in [0.05, 0.1) is 23.9 Å². The Balaban J connectivity index is 1.36. The number of aromatic nitrogens is 1. The summed E-state index contributed by atoms with van der Waals surface area (Å²) >= 11 is 15.3. The smallest absolute Gasteiger partial charge is 0.281 e. The number of amides is 1. The van der Waals surface area contributed by atoms with Crippen molar-refractivity contribution in [1.82, 2.24) is 9.88 Å². The highest BCUT2D eigenvalue weighted by atomic mass is 79.9. The molecule has 1 aliphatic rings. The zero-order chi connectivity index (χ0) is 26.6. The molecule has 3 aromatic carbocycles. The van der Waals surface area contributed by atoms with Crippen LogP contribution in [0.2, 0.25) is 5.02 Å². The normalized spacial score (nSPS) is 14.4. The average Bonchev–Trinajstić information content (AvgIpc) is 3.38. The molecule has 1 aliphatic heterocycles. The SMILES string of the molecule is CCOc1ccc(N2C(=O)/C(=C/c3cn(CCCOc4ccccc4Cl)c4ccc(Br)cc34)NC2=S)cc1. The maximum atomic E-state index is 13.3. The van der Waals surface area contributed by atoms with Crippen LogP contribution in [0.1, 0.15) is 18.9 Å². The van der Waals surface area contributed by atoms with Gasteiger partial charge in [-0.1, -0.05) is 39.7 Å². The molecular weight excluding hydrogens is 586 g/mol. The number of fused-ring (bicyclic) bond motifs is 1. The van der Waals surface area contributed by atoms with Gasteiger partial charge in [-0.3, -0.25) is 9.69 Å². The fourth-order valence-corrected chi connectivity index (χ4v) is 5.21. The molecule has 0 atom stereocenters. The van der Waals surface area contributed by atoms with Crippen molar-refractivity contribution in [3.05, 3.63) is 93.7 Å². The number of rotatable bonds is 9. The highest BCUT2D eigenvalue weighted by Crippen LogP contribution is 2.30. The number of carbonyl (C=O) groups excluding carboxylic acids is 1. The number of ether oxygens (including phenoxy) is 2. The second-order valence-electron chi connectivity index (χ2n) is 8.63. The molecule has 0 aliphatic carbocycles. The van der Waals surface area contributed by atoms with Gasteiger partial charge < -0.3 is 19.4 Å². The standard InChI is InChI=1S/C29H25BrClN3O3S/c1-2-36-22-11-9-21(10-12-22)34-28(35)25(32-29(34)38)16-19-18-33(26-13-8-20(30)17-23(19)26)14-5-15-37-27-7-4-3-6-24(27)31/h3-4,6-13,16-18H,2,5,14-15H2,1H3,(H,32,38)/b25-16-. The van der Waals surface area contributed by atoms with Crippen LogP contribution < -0.4 is 19.7 Å². The molecule has 5 rings (SSSR count). The summed E-state index contributed by atoms with van der Waals surface area (Å²) in [6, 6.07) is 20.9. The average molecular weight is 611 g/mol. The third-order valence-electron chi connectivity index (χ3n) is 6.10. The number of para-hydroxylation sites is 1. The highest BCUT2D eigenvalue weighted by Gasteiger charge is 2.32. The van der Waals surface area contributed by atoms with Crippen molar-refractivity contribution < 1.29 is 14.3 Å². The Morgan fingerprint density at radius 1 is 1.08 bits per heavy atom. The highest BCUT2D eigenvalue weighted by molar-refractivity contribution is 9.10. The van der Waals surface area contributed by atoms with Crippen LogP contribution in [0.3, 0.4) is 0 Å². The largest absolute Gasteiger partial charge is 0.494 e. The van der Waals surface area contributed by atoms with Crippen molar-refractivity contribution in [2.45, 2.75) is 19.9 Å². The summed E-state index contributed by atoms with van der Waals surface area (Å²) in [6.07, 6.45) is 4.69. The number of nitrogens with one attached hydrogen (secondary N) is 1. The summed E-state index contributed by atoms with van der Waals surface area (Å²) in [7, 11) is 0. The molecule has 1 aromatic heterocycles. The van der Waals surface area contributed by atoms with Gasteiger partial charge in [0.25, 0.3) is 5.91 Å².